The summed E-state index contributed by atoms with van der Waals surface area (Å²) in [5, 5.41) is 18.7. The van der Waals surface area contributed by atoms with Gasteiger partial charge in [0.1, 0.15) is 0 Å². The maximum absolute atomic E-state index is 10.4. The zero-order valence-corrected chi connectivity index (χ0v) is 17.1. The molecule has 5 nitrogen and oxygen atoms in total. The summed E-state index contributed by atoms with van der Waals surface area (Å²) in [4.78, 5) is 20.6. The van der Waals surface area contributed by atoms with Crippen molar-refractivity contribution in [2.24, 2.45) is 0 Å². The molecule has 3 N–H and O–H groups in total. The number of benzene rings is 1. The summed E-state index contributed by atoms with van der Waals surface area (Å²) in [7, 11) is 0.446. The summed E-state index contributed by atoms with van der Waals surface area (Å²) in [6.45, 7) is 6.87. The molecule has 0 saturated heterocycles. The van der Waals surface area contributed by atoms with Crippen LogP contribution in [0.4, 0.5) is 0 Å². The second kappa shape index (κ2) is 15.1. The van der Waals surface area contributed by atoms with Crippen molar-refractivity contribution in [3.05, 3.63) is 35.4 Å². The maximum Gasteiger partial charge on any atom is 1.00 e. The van der Waals surface area contributed by atoms with Crippen molar-refractivity contribution in [2.45, 2.75) is 20.8 Å². The molecule has 0 saturated carbocycles. The summed E-state index contributed by atoms with van der Waals surface area (Å²) in [6, 6.07) is 5.00. The van der Waals surface area contributed by atoms with Gasteiger partial charge in [0.15, 0.2) is 0 Å². The summed E-state index contributed by atoms with van der Waals surface area (Å²) in [6.07, 6.45) is 4.26. The van der Waals surface area contributed by atoms with E-state index in [-0.39, 0.29) is 68.0 Å². The maximum atomic E-state index is 10.4. The molecule has 7 heteroatoms. The van der Waals surface area contributed by atoms with Crippen LogP contribution in [-0.2, 0) is 0 Å². The van der Waals surface area contributed by atoms with Crippen molar-refractivity contribution in [3.63, 3.8) is 0 Å². The molecule has 1 aromatic carbocycles. The number of hydrogen-bond acceptors (Lipinski definition) is 3. The number of carboxylic acid groups (broad SMARTS) is 2. The Hall–Kier alpha value is 0.186. The standard InChI is InChI=1S/C8H6O4.C6H15P.K.H2O/c9-7(10)5-2-1-3-6(4-5)8(11)12;1-4-7(5-2)6-3;;/h1-4H,(H,9,10)(H,11,12);4-6H2,1-3H3;;1H2/q;;+1;/p-1. The van der Waals surface area contributed by atoms with Crippen LogP contribution < -0.4 is 56.5 Å². The monoisotopic (exact) mass is 340 g/mol. The van der Waals surface area contributed by atoms with Crippen molar-refractivity contribution < 1.29 is 76.7 Å². The molecule has 0 radical (unpaired) electrons. The minimum Gasteiger partial charge on any atom is -0.545 e. The fourth-order valence-electron chi connectivity index (χ4n) is 1.45. The second-order valence-electron chi connectivity index (χ2n) is 3.79. The first-order valence-corrected chi connectivity index (χ1v) is 8.12. The van der Waals surface area contributed by atoms with Gasteiger partial charge in [-0.2, -0.15) is 0 Å². The van der Waals surface area contributed by atoms with E-state index in [1.54, 1.807) is 0 Å². The zero-order chi connectivity index (χ0) is 14.8. The Bertz CT molecular complexity index is 387. The third kappa shape index (κ3) is 11.4. The molecule has 0 aliphatic heterocycles. The molecule has 0 spiro atoms. The zero-order valence-electron chi connectivity index (χ0n) is 13.0. The SMILES string of the molecule is CCP(CC)CC.O.O=C([O-])c1cccc(C(=O)O)c1.[K+]. The molecular weight excluding hydrogens is 318 g/mol. The molecule has 0 aliphatic carbocycles. The van der Waals surface area contributed by atoms with Crippen LogP contribution in [0.15, 0.2) is 24.3 Å². The van der Waals surface area contributed by atoms with E-state index >= 15 is 0 Å². The first-order valence-electron chi connectivity index (χ1n) is 6.23. The largest absolute Gasteiger partial charge is 1.00 e. The van der Waals surface area contributed by atoms with E-state index in [9.17, 15) is 14.7 Å². The van der Waals surface area contributed by atoms with Gasteiger partial charge < -0.3 is 20.5 Å². The number of carbonyl (C=O) groups is 2. The predicted molar refractivity (Wildman–Crippen MR) is 79.9 cm³/mol. The van der Waals surface area contributed by atoms with E-state index in [0.29, 0.717) is 7.92 Å². The smallest absolute Gasteiger partial charge is 0.545 e. The Balaban J connectivity index is -0.000000317. The van der Waals surface area contributed by atoms with Crippen LogP contribution in [0.1, 0.15) is 41.5 Å². The molecular formula is C14H22KO5P. The molecule has 1 rings (SSSR count). The van der Waals surface area contributed by atoms with Gasteiger partial charge in [-0.15, -0.1) is 7.92 Å². The van der Waals surface area contributed by atoms with E-state index in [4.69, 9.17) is 5.11 Å². The Morgan fingerprint density at radius 2 is 1.52 bits per heavy atom. The summed E-state index contributed by atoms with van der Waals surface area (Å²) < 4.78 is 0. The van der Waals surface area contributed by atoms with Gasteiger partial charge in [0.05, 0.1) is 11.5 Å². The van der Waals surface area contributed by atoms with Crippen LogP contribution >= 0.6 is 7.92 Å². The minimum absolute atomic E-state index is 0. The molecule has 0 aliphatic rings. The first-order chi connectivity index (χ1) is 8.96. The Kier molecular flexibility index (Phi) is 18.8. The third-order valence-corrected chi connectivity index (χ3v) is 5.37. The van der Waals surface area contributed by atoms with Gasteiger partial charge in [-0.05, 0) is 36.2 Å². The van der Waals surface area contributed by atoms with Crippen LogP contribution in [0.25, 0.3) is 0 Å². The molecule has 114 valence electrons. The Morgan fingerprint density at radius 1 is 1.10 bits per heavy atom. The molecule has 0 unspecified atom stereocenters. The number of carboxylic acids is 2. The van der Waals surface area contributed by atoms with Gasteiger partial charge in [-0.3, -0.25) is 0 Å². The van der Waals surface area contributed by atoms with Crippen molar-refractivity contribution >= 4 is 19.9 Å². The van der Waals surface area contributed by atoms with Gasteiger partial charge in [0.25, 0.3) is 0 Å². The van der Waals surface area contributed by atoms with Crippen molar-refractivity contribution in [1.82, 2.24) is 0 Å². The van der Waals surface area contributed by atoms with Crippen LogP contribution in [0.5, 0.6) is 0 Å². The summed E-state index contributed by atoms with van der Waals surface area (Å²) >= 11 is 0. The van der Waals surface area contributed by atoms with Crippen molar-refractivity contribution in [1.29, 1.82) is 0 Å². The molecule has 1 aromatic rings. The van der Waals surface area contributed by atoms with Crippen LogP contribution in [-0.4, -0.2) is 41.0 Å². The van der Waals surface area contributed by atoms with Gasteiger partial charge >= 0.3 is 57.4 Å². The molecule has 0 heterocycles. The van der Waals surface area contributed by atoms with Gasteiger partial charge in [-0.25, -0.2) is 4.79 Å². The van der Waals surface area contributed by atoms with E-state index in [1.807, 2.05) is 0 Å². The average molecular weight is 340 g/mol. The predicted octanol–water partition coefficient (Wildman–Crippen LogP) is -1.54. The van der Waals surface area contributed by atoms with E-state index in [2.05, 4.69) is 20.8 Å². The van der Waals surface area contributed by atoms with Crippen LogP contribution in [0, 0.1) is 0 Å². The number of aromatic carboxylic acids is 2. The molecule has 0 atom stereocenters. The second-order valence-corrected chi connectivity index (χ2v) is 7.03. The van der Waals surface area contributed by atoms with Gasteiger partial charge in [-0.1, -0.05) is 32.9 Å². The minimum atomic E-state index is -1.38. The number of rotatable bonds is 5. The van der Waals surface area contributed by atoms with Gasteiger partial charge in [0, 0.05) is 0 Å². The van der Waals surface area contributed by atoms with E-state index in [1.165, 1.54) is 36.7 Å². The first kappa shape index (κ1) is 26.1. The van der Waals surface area contributed by atoms with Crippen molar-refractivity contribution in [2.75, 3.05) is 18.5 Å². The third-order valence-electron chi connectivity index (χ3n) is 2.69. The Morgan fingerprint density at radius 3 is 1.81 bits per heavy atom. The Labute approximate surface area is 169 Å². The molecule has 0 amide bonds. The van der Waals surface area contributed by atoms with Crippen molar-refractivity contribution in [3.8, 4) is 0 Å². The van der Waals surface area contributed by atoms with Gasteiger partial charge in [0.2, 0.25) is 0 Å². The fourth-order valence-corrected chi connectivity index (χ4v) is 2.79. The average Bonchev–Trinajstić information content (AvgIpc) is 2.41. The molecule has 0 aromatic heterocycles. The van der Waals surface area contributed by atoms with Crippen LogP contribution in [0.3, 0.4) is 0 Å². The topological polar surface area (TPSA) is 109 Å². The molecule has 0 fully saturated rings. The van der Waals surface area contributed by atoms with E-state index in [0.717, 1.165) is 6.07 Å². The van der Waals surface area contributed by atoms with E-state index < -0.39 is 11.9 Å². The van der Waals surface area contributed by atoms with Crippen LogP contribution in [0.2, 0.25) is 0 Å². The number of hydrogen-bond donors (Lipinski definition) is 1. The number of carbonyl (C=O) groups excluding carboxylic acids is 1. The summed E-state index contributed by atoms with van der Waals surface area (Å²) in [5.41, 5.74) is -0.188. The summed E-state index contributed by atoms with van der Waals surface area (Å²) in [5.74, 6) is -2.53. The fraction of sp³-hybridized carbons (Fsp3) is 0.429. The molecule has 21 heavy (non-hydrogen) atoms. The molecule has 0 bridgehead atoms. The normalized spacial score (nSPS) is 8.76. The quantitative estimate of drug-likeness (QED) is 0.517.